The van der Waals surface area contributed by atoms with Crippen molar-refractivity contribution >= 4 is 56.8 Å². The normalized spacial score (nSPS) is 10.1. The molecular formula is C7H5ClI2O. The van der Waals surface area contributed by atoms with E-state index in [2.05, 4.69) is 45.2 Å². The van der Waals surface area contributed by atoms with Gasteiger partial charge in [0.15, 0.2) is 0 Å². The topological polar surface area (TPSA) is 20.2 Å². The molecule has 0 radical (unpaired) electrons. The average molecular weight is 394 g/mol. The number of hydrogen-bond acceptors (Lipinski definition) is 1. The van der Waals surface area contributed by atoms with Gasteiger partial charge in [-0.3, -0.25) is 0 Å². The number of rotatable bonds is 1. The molecule has 4 heteroatoms. The van der Waals surface area contributed by atoms with E-state index in [1.54, 1.807) is 0 Å². The van der Waals surface area contributed by atoms with Crippen molar-refractivity contribution < 1.29 is 5.11 Å². The first-order valence-electron chi connectivity index (χ1n) is 2.88. The van der Waals surface area contributed by atoms with Gasteiger partial charge in [-0.1, -0.05) is 0 Å². The fraction of sp³-hybridized carbons (Fsp3) is 0.143. The Morgan fingerprint density at radius 1 is 1.36 bits per heavy atom. The first-order chi connectivity index (χ1) is 5.15. The molecule has 0 atom stereocenters. The summed E-state index contributed by atoms with van der Waals surface area (Å²) in [4.78, 5) is 0. The van der Waals surface area contributed by atoms with E-state index in [4.69, 9.17) is 11.6 Å². The van der Waals surface area contributed by atoms with E-state index < -0.39 is 0 Å². The maximum absolute atomic E-state index is 9.43. The van der Waals surface area contributed by atoms with Gasteiger partial charge in [0.2, 0.25) is 0 Å². The summed E-state index contributed by atoms with van der Waals surface area (Å²) in [6, 6.07) is 3.79. The van der Waals surface area contributed by atoms with E-state index in [1.165, 1.54) is 0 Å². The van der Waals surface area contributed by atoms with Crippen molar-refractivity contribution in [3.8, 4) is 5.75 Å². The lowest BCUT2D eigenvalue weighted by Gasteiger charge is -2.03. The molecule has 1 aromatic carbocycles. The monoisotopic (exact) mass is 394 g/mol. The van der Waals surface area contributed by atoms with Gasteiger partial charge in [0, 0.05) is 9.13 Å². The fourth-order valence-corrected chi connectivity index (χ4v) is 2.89. The Labute approximate surface area is 97.4 Å². The second-order valence-electron chi connectivity index (χ2n) is 2.03. The molecule has 1 nitrogen and oxygen atoms in total. The lowest BCUT2D eigenvalue weighted by atomic mass is 10.2. The Balaban J connectivity index is 3.24. The summed E-state index contributed by atoms with van der Waals surface area (Å²) >= 11 is 9.89. The maximum Gasteiger partial charge on any atom is 0.133 e. The van der Waals surface area contributed by atoms with E-state index in [-0.39, 0.29) is 0 Å². The zero-order valence-electron chi connectivity index (χ0n) is 5.44. The standard InChI is InChI=1S/C7H5ClI2O/c8-3-4-1-5(9)2-6(10)7(4)11/h1-2,11H,3H2. The van der Waals surface area contributed by atoms with Gasteiger partial charge in [0.25, 0.3) is 0 Å². The molecule has 0 aliphatic heterocycles. The van der Waals surface area contributed by atoms with Gasteiger partial charge >= 0.3 is 0 Å². The van der Waals surface area contributed by atoms with Gasteiger partial charge in [-0.15, -0.1) is 11.6 Å². The van der Waals surface area contributed by atoms with Crippen LogP contribution in [-0.2, 0) is 5.88 Å². The summed E-state index contributed by atoms with van der Waals surface area (Å²) in [5.74, 6) is 0.666. The van der Waals surface area contributed by atoms with Crippen LogP contribution in [0.25, 0.3) is 0 Å². The number of halogens is 3. The Morgan fingerprint density at radius 3 is 2.55 bits per heavy atom. The maximum atomic E-state index is 9.43. The molecule has 0 fully saturated rings. The molecule has 11 heavy (non-hydrogen) atoms. The minimum atomic E-state index is 0.306. The predicted octanol–water partition coefficient (Wildman–Crippen LogP) is 3.34. The third kappa shape index (κ3) is 2.35. The van der Waals surface area contributed by atoms with Crippen molar-refractivity contribution in [1.82, 2.24) is 0 Å². The summed E-state index contributed by atoms with van der Waals surface area (Å²) in [7, 11) is 0. The molecule has 0 spiro atoms. The molecule has 0 amide bonds. The third-order valence-electron chi connectivity index (χ3n) is 1.25. The van der Waals surface area contributed by atoms with Gasteiger partial charge < -0.3 is 5.11 Å². The van der Waals surface area contributed by atoms with Crippen molar-refractivity contribution in [3.05, 3.63) is 24.8 Å². The SMILES string of the molecule is Oc1c(I)cc(I)cc1CCl. The highest BCUT2D eigenvalue weighted by Crippen LogP contribution is 2.27. The van der Waals surface area contributed by atoms with Crippen molar-refractivity contribution in [2.45, 2.75) is 5.88 Å². The second-order valence-corrected chi connectivity index (χ2v) is 4.70. The molecule has 0 unspecified atom stereocenters. The predicted molar refractivity (Wildman–Crippen MR) is 63.1 cm³/mol. The summed E-state index contributed by atoms with van der Waals surface area (Å²) in [5, 5.41) is 9.43. The van der Waals surface area contributed by atoms with Crippen molar-refractivity contribution in [2.24, 2.45) is 0 Å². The van der Waals surface area contributed by atoms with E-state index in [0.29, 0.717) is 11.6 Å². The summed E-state index contributed by atoms with van der Waals surface area (Å²) in [6.07, 6.45) is 0. The van der Waals surface area contributed by atoms with Crippen molar-refractivity contribution in [3.63, 3.8) is 0 Å². The summed E-state index contributed by atoms with van der Waals surface area (Å²) < 4.78 is 1.95. The average Bonchev–Trinajstić information content (AvgIpc) is 1.96. The fourth-order valence-electron chi connectivity index (χ4n) is 0.721. The molecule has 0 heterocycles. The number of hydrogen-bond donors (Lipinski definition) is 1. The molecule has 1 rings (SSSR count). The Kier molecular flexibility index (Phi) is 3.70. The molecule has 1 N–H and O–H groups in total. The third-order valence-corrected chi connectivity index (χ3v) is 2.98. The van der Waals surface area contributed by atoms with Crippen LogP contribution in [0.5, 0.6) is 5.75 Å². The zero-order valence-corrected chi connectivity index (χ0v) is 10.5. The molecule has 0 aromatic heterocycles. The Morgan fingerprint density at radius 2 is 2.00 bits per heavy atom. The van der Waals surface area contributed by atoms with E-state index >= 15 is 0 Å². The molecule has 0 saturated heterocycles. The quantitative estimate of drug-likeness (QED) is 0.572. The van der Waals surface area contributed by atoms with Crippen LogP contribution >= 0.6 is 56.8 Å². The zero-order chi connectivity index (χ0) is 8.43. The van der Waals surface area contributed by atoms with Crippen LogP contribution in [0.1, 0.15) is 5.56 Å². The van der Waals surface area contributed by atoms with E-state index in [9.17, 15) is 5.11 Å². The molecule has 0 saturated carbocycles. The number of benzene rings is 1. The summed E-state index contributed by atoms with van der Waals surface area (Å²) in [5.41, 5.74) is 0.794. The molecule has 60 valence electrons. The smallest absolute Gasteiger partial charge is 0.133 e. The van der Waals surface area contributed by atoms with Crippen LogP contribution in [0.15, 0.2) is 12.1 Å². The van der Waals surface area contributed by atoms with Gasteiger partial charge in [-0.2, -0.15) is 0 Å². The first kappa shape index (κ1) is 9.85. The van der Waals surface area contributed by atoms with Crippen LogP contribution in [0, 0.1) is 7.14 Å². The highest BCUT2D eigenvalue weighted by molar-refractivity contribution is 14.1. The van der Waals surface area contributed by atoms with Crippen LogP contribution in [0.4, 0.5) is 0 Å². The van der Waals surface area contributed by atoms with Gasteiger partial charge in [0.1, 0.15) is 5.75 Å². The van der Waals surface area contributed by atoms with Crippen molar-refractivity contribution in [2.75, 3.05) is 0 Å². The second kappa shape index (κ2) is 4.13. The van der Waals surface area contributed by atoms with Gasteiger partial charge in [-0.05, 0) is 57.3 Å². The number of phenols is 1. The van der Waals surface area contributed by atoms with Gasteiger partial charge in [0.05, 0.1) is 9.45 Å². The lowest BCUT2D eigenvalue weighted by Crippen LogP contribution is -1.85. The summed E-state index contributed by atoms with van der Waals surface area (Å²) in [6.45, 7) is 0. The van der Waals surface area contributed by atoms with E-state index in [1.807, 2.05) is 12.1 Å². The molecule has 0 aliphatic carbocycles. The Hall–Kier alpha value is 0.770. The Bertz CT molecular complexity index is 275. The minimum Gasteiger partial charge on any atom is -0.507 e. The van der Waals surface area contributed by atoms with Crippen LogP contribution in [0.2, 0.25) is 0 Å². The number of aromatic hydroxyl groups is 1. The first-order valence-corrected chi connectivity index (χ1v) is 5.57. The van der Waals surface area contributed by atoms with Gasteiger partial charge in [-0.25, -0.2) is 0 Å². The van der Waals surface area contributed by atoms with Crippen LogP contribution < -0.4 is 0 Å². The number of alkyl halides is 1. The highest BCUT2D eigenvalue weighted by atomic mass is 127. The number of phenolic OH excluding ortho intramolecular Hbond substituents is 1. The molecule has 1 aromatic rings. The van der Waals surface area contributed by atoms with Crippen LogP contribution in [0.3, 0.4) is 0 Å². The van der Waals surface area contributed by atoms with Crippen LogP contribution in [-0.4, -0.2) is 5.11 Å². The van der Waals surface area contributed by atoms with E-state index in [0.717, 1.165) is 12.7 Å². The highest BCUT2D eigenvalue weighted by Gasteiger charge is 2.04. The van der Waals surface area contributed by atoms with Crippen molar-refractivity contribution in [1.29, 1.82) is 0 Å². The lowest BCUT2D eigenvalue weighted by molar-refractivity contribution is 0.466. The molecule has 0 aliphatic rings. The molecular weight excluding hydrogens is 389 g/mol. The molecule has 0 bridgehead atoms. The largest absolute Gasteiger partial charge is 0.507 e. The minimum absolute atomic E-state index is 0.306.